The summed E-state index contributed by atoms with van der Waals surface area (Å²) in [5.74, 6) is -1.14. The first kappa shape index (κ1) is 34.4. The third-order valence-corrected chi connectivity index (χ3v) is 6.68. The van der Waals surface area contributed by atoms with E-state index in [4.69, 9.17) is 9.84 Å². The van der Waals surface area contributed by atoms with Gasteiger partial charge in [-0.2, -0.15) is 0 Å². The van der Waals surface area contributed by atoms with Gasteiger partial charge in [0.1, 0.15) is 6.10 Å². The fraction of sp³-hybridized carbons (Fsp3) is 0.897. The third-order valence-electron chi connectivity index (χ3n) is 6.68. The van der Waals surface area contributed by atoms with Gasteiger partial charge in [0.05, 0.1) is 13.2 Å². The number of carbonyl (C=O) groups excluding carboxylic acids is 2. The number of rotatable bonds is 26. The zero-order valence-electron chi connectivity index (χ0n) is 23.1. The molecule has 0 saturated heterocycles. The van der Waals surface area contributed by atoms with Crippen molar-refractivity contribution in [3.05, 3.63) is 0 Å². The SMILES string of the molecule is CCCCCCCCC(O)C(CCCCCCCC(=O)OC)OC(=O)CCCCCCCCC(=O)O. The van der Waals surface area contributed by atoms with Gasteiger partial charge in [-0.05, 0) is 38.5 Å². The van der Waals surface area contributed by atoms with Gasteiger partial charge in [-0.1, -0.05) is 90.4 Å². The van der Waals surface area contributed by atoms with Gasteiger partial charge in [-0.15, -0.1) is 0 Å². The molecule has 2 atom stereocenters. The van der Waals surface area contributed by atoms with Gasteiger partial charge in [-0.3, -0.25) is 14.4 Å². The highest BCUT2D eigenvalue weighted by Gasteiger charge is 2.22. The van der Waals surface area contributed by atoms with Gasteiger partial charge < -0.3 is 19.7 Å². The third kappa shape index (κ3) is 22.8. The van der Waals surface area contributed by atoms with Crippen molar-refractivity contribution in [2.24, 2.45) is 0 Å². The molecule has 0 aliphatic rings. The molecule has 0 aromatic rings. The minimum absolute atomic E-state index is 0.169. The molecule has 0 aliphatic heterocycles. The number of unbranched alkanes of at least 4 members (excludes halogenated alkanes) is 14. The average molecular weight is 515 g/mol. The van der Waals surface area contributed by atoms with Crippen LogP contribution in [-0.4, -0.2) is 47.4 Å². The molecule has 2 unspecified atom stereocenters. The summed E-state index contributed by atoms with van der Waals surface area (Å²) >= 11 is 0. The lowest BCUT2D eigenvalue weighted by Crippen LogP contribution is -2.31. The summed E-state index contributed by atoms with van der Waals surface area (Å²) in [6.07, 6.45) is 18.2. The van der Waals surface area contributed by atoms with Crippen LogP contribution in [-0.2, 0) is 23.9 Å². The summed E-state index contributed by atoms with van der Waals surface area (Å²) in [5, 5.41) is 19.4. The highest BCUT2D eigenvalue weighted by molar-refractivity contribution is 5.69. The molecular formula is C29H54O7. The second kappa shape index (κ2) is 25.0. The van der Waals surface area contributed by atoms with Gasteiger partial charge in [0.25, 0.3) is 0 Å². The highest BCUT2D eigenvalue weighted by Crippen LogP contribution is 2.19. The van der Waals surface area contributed by atoms with Crippen LogP contribution in [0.5, 0.6) is 0 Å². The minimum atomic E-state index is -0.746. The average Bonchev–Trinajstić information content (AvgIpc) is 2.85. The first-order valence-corrected chi connectivity index (χ1v) is 14.6. The van der Waals surface area contributed by atoms with Crippen molar-refractivity contribution in [1.29, 1.82) is 0 Å². The monoisotopic (exact) mass is 514 g/mol. The zero-order chi connectivity index (χ0) is 26.9. The van der Waals surface area contributed by atoms with E-state index in [1.165, 1.54) is 32.8 Å². The molecule has 0 aliphatic carbocycles. The second-order valence-electron chi connectivity index (χ2n) is 10.0. The van der Waals surface area contributed by atoms with Crippen molar-refractivity contribution < 1.29 is 34.1 Å². The number of hydrogen-bond donors (Lipinski definition) is 2. The normalized spacial score (nSPS) is 12.8. The largest absolute Gasteiger partial charge is 0.481 e. The summed E-state index contributed by atoms with van der Waals surface area (Å²) < 4.78 is 10.4. The number of carbonyl (C=O) groups is 3. The van der Waals surface area contributed by atoms with E-state index >= 15 is 0 Å². The molecule has 0 fully saturated rings. The van der Waals surface area contributed by atoms with E-state index in [1.807, 2.05) is 0 Å². The van der Waals surface area contributed by atoms with Crippen LogP contribution in [0.15, 0.2) is 0 Å². The molecule has 7 heteroatoms. The number of hydrogen-bond acceptors (Lipinski definition) is 6. The van der Waals surface area contributed by atoms with E-state index in [0.717, 1.165) is 77.0 Å². The predicted molar refractivity (Wildman–Crippen MR) is 143 cm³/mol. The van der Waals surface area contributed by atoms with Gasteiger partial charge in [-0.25, -0.2) is 0 Å². The summed E-state index contributed by atoms with van der Waals surface area (Å²) in [7, 11) is 1.41. The topological polar surface area (TPSA) is 110 Å². The van der Waals surface area contributed by atoms with Gasteiger partial charge in [0.2, 0.25) is 0 Å². The summed E-state index contributed by atoms with van der Waals surface area (Å²) in [6, 6.07) is 0. The predicted octanol–water partition coefficient (Wildman–Crippen LogP) is 7.12. The van der Waals surface area contributed by atoms with Crippen molar-refractivity contribution >= 4 is 17.9 Å². The molecule has 2 N–H and O–H groups in total. The summed E-state index contributed by atoms with van der Waals surface area (Å²) in [5.41, 5.74) is 0. The molecule has 0 amide bonds. The zero-order valence-corrected chi connectivity index (χ0v) is 23.1. The van der Waals surface area contributed by atoms with Crippen LogP contribution in [0.25, 0.3) is 0 Å². The number of carboxylic acid groups (broad SMARTS) is 1. The molecule has 7 nitrogen and oxygen atoms in total. The van der Waals surface area contributed by atoms with Crippen molar-refractivity contribution in [3.8, 4) is 0 Å². The van der Waals surface area contributed by atoms with Crippen LogP contribution in [0, 0.1) is 0 Å². The Bertz CT molecular complexity index is 550. The molecular weight excluding hydrogens is 460 g/mol. The van der Waals surface area contributed by atoms with Crippen LogP contribution in [0.1, 0.15) is 148 Å². The number of aliphatic hydroxyl groups is 1. The van der Waals surface area contributed by atoms with Gasteiger partial charge in [0.15, 0.2) is 0 Å². The van der Waals surface area contributed by atoms with Crippen molar-refractivity contribution in [1.82, 2.24) is 0 Å². The first-order chi connectivity index (χ1) is 17.4. The molecule has 0 heterocycles. The standard InChI is InChI=1S/C29H54O7/c1-3-4-5-6-10-15-20-25(30)26(21-16-11-9-14-18-23-28(33)35-2)36-29(34)24-19-13-8-7-12-17-22-27(31)32/h25-26,30H,3-24H2,1-2H3,(H,31,32). The molecule has 0 spiro atoms. The second-order valence-corrected chi connectivity index (χ2v) is 10.0. The van der Waals surface area contributed by atoms with Crippen molar-refractivity contribution in [2.75, 3.05) is 7.11 Å². The Hall–Kier alpha value is -1.63. The van der Waals surface area contributed by atoms with E-state index in [-0.39, 0.29) is 18.4 Å². The van der Waals surface area contributed by atoms with E-state index in [1.54, 1.807) is 0 Å². The van der Waals surface area contributed by atoms with Gasteiger partial charge >= 0.3 is 17.9 Å². The number of methoxy groups -OCH3 is 1. The molecule has 0 saturated carbocycles. The number of carboxylic acids is 1. The van der Waals surface area contributed by atoms with Crippen LogP contribution in [0.4, 0.5) is 0 Å². The molecule has 0 aromatic carbocycles. The molecule has 0 radical (unpaired) electrons. The Balaban J connectivity index is 4.26. The van der Waals surface area contributed by atoms with Crippen molar-refractivity contribution in [3.63, 3.8) is 0 Å². The fourth-order valence-electron chi connectivity index (χ4n) is 4.38. The summed E-state index contributed by atoms with van der Waals surface area (Å²) in [6.45, 7) is 2.20. The lowest BCUT2D eigenvalue weighted by Gasteiger charge is -2.23. The Labute approximate surface area is 219 Å². The van der Waals surface area contributed by atoms with E-state index in [2.05, 4.69) is 11.7 Å². The van der Waals surface area contributed by atoms with Crippen LogP contribution in [0.2, 0.25) is 0 Å². The lowest BCUT2D eigenvalue weighted by atomic mass is 9.99. The minimum Gasteiger partial charge on any atom is -0.481 e. The maximum Gasteiger partial charge on any atom is 0.306 e. The smallest absolute Gasteiger partial charge is 0.306 e. The van der Waals surface area contributed by atoms with Crippen LogP contribution >= 0.6 is 0 Å². The van der Waals surface area contributed by atoms with E-state index < -0.39 is 18.2 Å². The summed E-state index contributed by atoms with van der Waals surface area (Å²) in [4.78, 5) is 34.2. The molecule has 0 bridgehead atoms. The Kier molecular flexibility index (Phi) is 23.9. The molecule has 0 aromatic heterocycles. The maximum absolute atomic E-state index is 12.4. The first-order valence-electron chi connectivity index (χ1n) is 14.6. The highest BCUT2D eigenvalue weighted by atomic mass is 16.6. The van der Waals surface area contributed by atoms with Gasteiger partial charge in [0, 0.05) is 19.3 Å². The number of aliphatic hydroxyl groups excluding tert-OH is 1. The Morgan fingerprint density at radius 3 is 1.58 bits per heavy atom. The fourth-order valence-corrected chi connectivity index (χ4v) is 4.38. The van der Waals surface area contributed by atoms with E-state index in [0.29, 0.717) is 32.1 Å². The lowest BCUT2D eigenvalue weighted by molar-refractivity contribution is -0.156. The number of esters is 2. The quantitative estimate of drug-likeness (QED) is 0.0934. The van der Waals surface area contributed by atoms with Crippen LogP contribution < -0.4 is 0 Å². The molecule has 0 rings (SSSR count). The maximum atomic E-state index is 12.4. The van der Waals surface area contributed by atoms with Crippen LogP contribution in [0.3, 0.4) is 0 Å². The van der Waals surface area contributed by atoms with E-state index in [9.17, 15) is 19.5 Å². The van der Waals surface area contributed by atoms with Crippen molar-refractivity contribution in [2.45, 2.75) is 160 Å². The number of ether oxygens (including phenoxy) is 2. The molecule has 36 heavy (non-hydrogen) atoms. The molecule has 212 valence electrons. The number of aliphatic carboxylic acids is 1. The Morgan fingerprint density at radius 1 is 0.611 bits per heavy atom. The Morgan fingerprint density at radius 2 is 1.06 bits per heavy atom.